The molecule has 1 fully saturated rings. The largest absolute Gasteiger partial charge is 0.303 e. The summed E-state index contributed by atoms with van der Waals surface area (Å²) in [6.45, 7) is 11.1. The number of nitrogens with zero attached hydrogens (tertiary/aromatic N) is 1. The van der Waals surface area contributed by atoms with Gasteiger partial charge in [0.25, 0.3) is 0 Å². The van der Waals surface area contributed by atoms with Crippen molar-refractivity contribution in [1.29, 1.82) is 0 Å². The molecule has 0 spiro atoms. The van der Waals surface area contributed by atoms with E-state index in [1.807, 2.05) is 0 Å². The molecule has 1 aliphatic rings. The van der Waals surface area contributed by atoms with E-state index in [2.05, 4.69) is 37.4 Å². The lowest BCUT2D eigenvalue weighted by atomic mass is 10.1. The summed E-state index contributed by atoms with van der Waals surface area (Å²) in [6, 6.07) is 4.35. The molecule has 1 saturated heterocycles. The third-order valence-corrected chi connectivity index (χ3v) is 9.73. The van der Waals surface area contributed by atoms with Gasteiger partial charge in [-0.2, -0.15) is 0 Å². The summed E-state index contributed by atoms with van der Waals surface area (Å²) in [5.74, 6) is 0. The molecule has 0 bridgehead atoms. The zero-order valence-electron chi connectivity index (χ0n) is 12.2. The van der Waals surface area contributed by atoms with Gasteiger partial charge in [0, 0.05) is 0 Å². The first kappa shape index (κ1) is 15.0. The van der Waals surface area contributed by atoms with Crippen LogP contribution >= 0.6 is 0 Å². The van der Waals surface area contributed by atoms with E-state index in [1.54, 1.807) is 0 Å². The molecule has 1 nitrogen and oxygen atoms in total. The van der Waals surface area contributed by atoms with Crippen molar-refractivity contribution in [3.63, 3.8) is 0 Å². The molecule has 0 aliphatic carbocycles. The van der Waals surface area contributed by atoms with Gasteiger partial charge in [0.05, 0.1) is 8.07 Å². The predicted octanol–water partition coefficient (Wildman–Crippen LogP) is 4.47. The second-order valence-electron chi connectivity index (χ2n) is 5.58. The van der Waals surface area contributed by atoms with Gasteiger partial charge in [-0.25, -0.2) is 0 Å². The molecule has 0 unspecified atom stereocenters. The zero-order valence-corrected chi connectivity index (χ0v) is 13.2. The van der Waals surface area contributed by atoms with Gasteiger partial charge in [0.2, 0.25) is 0 Å². The SMILES string of the molecule is C/C=C\[Si](CC)(CC)CCCN1CCCCC1. The van der Waals surface area contributed by atoms with Crippen molar-refractivity contribution >= 4 is 8.07 Å². The van der Waals surface area contributed by atoms with Gasteiger partial charge in [-0.05, 0) is 45.8 Å². The van der Waals surface area contributed by atoms with Gasteiger partial charge in [0.15, 0.2) is 0 Å². The second-order valence-corrected chi connectivity index (χ2v) is 10.5. The Kier molecular flexibility index (Phi) is 7.13. The highest BCUT2D eigenvalue weighted by molar-refractivity contribution is 6.84. The fourth-order valence-electron chi connectivity index (χ4n) is 3.11. The first-order valence-electron chi connectivity index (χ1n) is 7.62. The van der Waals surface area contributed by atoms with E-state index in [0.29, 0.717) is 0 Å². The summed E-state index contributed by atoms with van der Waals surface area (Å²) in [6.07, 6.45) is 8.05. The van der Waals surface area contributed by atoms with E-state index >= 15 is 0 Å². The number of allylic oxidation sites excluding steroid dienone is 1. The van der Waals surface area contributed by atoms with Gasteiger partial charge in [-0.1, -0.05) is 50.2 Å². The average molecular weight is 254 g/mol. The monoisotopic (exact) mass is 253 g/mol. The number of likely N-dealkylation sites (tertiary alicyclic amines) is 1. The lowest BCUT2D eigenvalue weighted by Crippen LogP contribution is -2.34. The molecule has 0 aromatic rings. The standard InChI is InChI=1S/C15H31NSi/c1-4-14-17(5-2,6-3)15-10-13-16-11-8-7-9-12-16/h4,14H,5-13,15H2,1-3H3/b14-4-. The van der Waals surface area contributed by atoms with Crippen LogP contribution in [0.25, 0.3) is 0 Å². The van der Waals surface area contributed by atoms with Crippen LogP contribution < -0.4 is 0 Å². The van der Waals surface area contributed by atoms with E-state index < -0.39 is 8.07 Å². The predicted molar refractivity (Wildman–Crippen MR) is 81.2 cm³/mol. The zero-order chi connectivity index (χ0) is 12.6. The molecular formula is C15H31NSi. The molecule has 100 valence electrons. The molecule has 0 aromatic heterocycles. The molecule has 0 N–H and O–H groups in total. The van der Waals surface area contributed by atoms with Crippen LogP contribution in [-0.4, -0.2) is 32.6 Å². The van der Waals surface area contributed by atoms with E-state index in [9.17, 15) is 0 Å². The lowest BCUT2D eigenvalue weighted by molar-refractivity contribution is 0.229. The molecule has 1 rings (SSSR count). The first-order valence-corrected chi connectivity index (χ1v) is 10.3. The van der Waals surface area contributed by atoms with Crippen molar-refractivity contribution < 1.29 is 0 Å². The average Bonchev–Trinajstić information content (AvgIpc) is 2.39. The van der Waals surface area contributed by atoms with Crippen LogP contribution in [0.3, 0.4) is 0 Å². The fourth-order valence-corrected chi connectivity index (χ4v) is 6.53. The number of piperidine rings is 1. The number of hydrogen-bond donors (Lipinski definition) is 0. The van der Waals surface area contributed by atoms with Crippen molar-refractivity contribution in [2.75, 3.05) is 19.6 Å². The Bertz CT molecular complexity index is 215. The Morgan fingerprint density at radius 2 is 1.71 bits per heavy atom. The van der Waals surface area contributed by atoms with Crippen LogP contribution in [0.4, 0.5) is 0 Å². The van der Waals surface area contributed by atoms with Crippen LogP contribution in [0, 0.1) is 0 Å². The fraction of sp³-hybridized carbons (Fsp3) is 0.867. The van der Waals surface area contributed by atoms with E-state index in [-0.39, 0.29) is 0 Å². The highest BCUT2D eigenvalue weighted by Gasteiger charge is 2.25. The highest BCUT2D eigenvalue weighted by atomic mass is 28.3. The van der Waals surface area contributed by atoms with Crippen LogP contribution in [0.5, 0.6) is 0 Å². The van der Waals surface area contributed by atoms with Crippen molar-refractivity contribution in [3.8, 4) is 0 Å². The van der Waals surface area contributed by atoms with E-state index in [0.717, 1.165) is 0 Å². The Morgan fingerprint density at radius 3 is 2.24 bits per heavy atom. The van der Waals surface area contributed by atoms with E-state index in [4.69, 9.17) is 0 Å². The minimum absolute atomic E-state index is 1.04. The van der Waals surface area contributed by atoms with Gasteiger partial charge in [0.1, 0.15) is 0 Å². The molecule has 0 aromatic carbocycles. The van der Waals surface area contributed by atoms with Crippen LogP contribution in [-0.2, 0) is 0 Å². The Balaban J connectivity index is 2.30. The molecule has 0 radical (unpaired) electrons. The summed E-state index contributed by atoms with van der Waals surface area (Å²) in [5, 5.41) is 0. The maximum Gasteiger partial charge on any atom is 0.0769 e. The molecular weight excluding hydrogens is 222 g/mol. The van der Waals surface area contributed by atoms with Gasteiger partial charge in [-0.15, -0.1) is 0 Å². The summed E-state index contributed by atoms with van der Waals surface area (Å²) >= 11 is 0. The third kappa shape index (κ3) is 4.97. The molecule has 0 atom stereocenters. The van der Waals surface area contributed by atoms with Gasteiger partial charge >= 0.3 is 0 Å². The van der Waals surface area contributed by atoms with Crippen LogP contribution in [0.15, 0.2) is 11.8 Å². The minimum atomic E-state index is -1.04. The maximum atomic E-state index is 2.68. The Hall–Kier alpha value is -0.0831. The quantitative estimate of drug-likeness (QED) is 0.605. The summed E-state index contributed by atoms with van der Waals surface area (Å²) in [4.78, 5) is 2.68. The van der Waals surface area contributed by atoms with Crippen molar-refractivity contribution in [2.45, 2.75) is 64.6 Å². The van der Waals surface area contributed by atoms with Crippen molar-refractivity contribution in [2.24, 2.45) is 0 Å². The third-order valence-electron chi connectivity index (χ3n) is 4.53. The van der Waals surface area contributed by atoms with Gasteiger partial charge < -0.3 is 4.90 Å². The summed E-state index contributed by atoms with van der Waals surface area (Å²) in [5.41, 5.74) is 2.59. The molecule has 17 heavy (non-hydrogen) atoms. The lowest BCUT2D eigenvalue weighted by Gasteiger charge is -2.30. The number of rotatable bonds is 7. The Morgan fingerprint density at radius 1 is 1.06 bits per heavy atom. The number of hydrogen-bond acceptors (Lipinski definition) is 1. The summed E-state index contributed by atoms with van der Waals surface area (Å²) < 4.78 is 0. The molecule has 0 saturated carbocycles. The van der Waals surface area contributed by atoms with E-state index in [1.165, 1.54) is 63.4 Å². The van der Waals surface area contributed by atoms with Crippen molar-refractivity contribution in [3.05, 3.63) is 11.8 Å². The highest BCUT2D eigenvalue weighted by Crippen LogP contribution is 2.24. The molecule has 2 heteroatoms. The van der Waals surface area contributed by atoms with Crippen molar-refractivity contribution in [1.82, 2.24) is 4.90 Å². The minimum Gasteiger partial charge on any atom is -0.303 e. The topological polar surface area (TPSA) is 3.24 Å². The first-order chi connectivity index (χ1) is 8.26. The smallest absolute Gasteiger partial charge is 0.0769 e. The van der Waals surface area contributed by atoms with Gasteiger partial charge in [-0.3, -0.25) is 0 Å². The molecule has 1 heterocycles. The normalized spacial score (nSPS) is 19.0. The van der Waals surface area contributed by atoms with Crippen LogP contribution in [0.2, 0.25) is 18.1 Å². The molecule has 0 amide bonds. The second kappa shape index (κ2) is 8.10. The summed E-state index contributed by atoms with van der Waals surface area (Å²) in [7, 11) is -1.04. The Labute approximate surface area is 109 Å². The molecule has 1 aliphatic heterocycles. The van der Waals surface area contributed by atoms with Crippen LogP contribution in [0.1, 0.15) is 46.5 Å². The maximum absolute atomic E-state index is 2.68.